The molecule has 58 valence electrons. The van der Waals surface area contributed by atoms with E-state index in [1.54, 1.807) is 0 Å². The van der Waals surface area contributed by atoms with Gasteiger partial charge in [-0.3, -0.25) is 4.90 Å². The molecular formula is C7H13FN2. The highest BCUT2D eigenvalue weighted by atomic mass is 19.1. The number of hydrogen-bond donors (Lipinski definition) is 1. The van der Waals surface area contributed by atoms with Gasteiger partial charge in [0.05, 0.1) is 5.54 Å². The predicted molar refractivity (Wildman–Crippen MR) is 37.5 cm³/mol. The molecule has 0 bridgehead atoms. The quantitative estimate of drug-likeness (QED) is 0.567. The SMILES string of the molecule is CN1CC(F)(C2(N)CC2)C1. The molecule has 0 aromatic rings. The average molecular weight is 144 g/mol. The monoisotopic (exact) mass is 144 g/mol. The molecule has 3 heteroatoms. The standard InChI is InChI=1S/C7H13FN2/c1-10-4-6(8,5-10)7(9)2-3-7/h2-5,9H2,1H3. The molecule has 0 atom stereocenters. The van der Waals surface area contributed by atoms with Gasteiger partial charge in [0.2, 0.25) is 0 Å². The van der Waals surface area contributed by atoms with Crippen molar-refractivity contribution in [3.05, 3.63) is 0 Å². The number of nitrogens with zero attached hydrogens (tertiary/aromatic N) is 1. The highest BCUT2D eigenvalue weighted by molar-refractivity contribution is 5.19. The van der Waals surface area contributed by atoms with Crippen molar-refractivity contribution in [2.45, 2.75) is 24.0 Å². The molecule has 2 N–H and O–H groups in total. The second-order valence-corrected chi connectivity index (χ2v) is 3.79. The maximum atomic E-state index is 13.6. The largest absolute Gasteiger partial charge is 0.322 e. The van der Waals surface area contributed by atoms with E-state index in [9.17, 15) is 4.39 Å². The van der Waals surface area contributed by atoms with Crippen LogP contribution < -0.4 is 5.73 Å². The van der Waals surface area contributed by atoms with Crippen LogP contribution in [0.5, 0.6) is 0 Å². The predicted octanol–water partition coefficient (Wildman–Crippen LogP) is 0.131. The average Bonchev–Trinajstić information content (AvgIpc) is 2.45. The first-order chi connectivity index (χ1) is 4.56. The molecule has 1 aliphatic carbocycles. The van der Waals surface area contributed by atoms with E-state index in [0.717, 1.165) is 12.8 Å². The lowest BCUT2D eigenvalue weighted by Gasteiger charge is -2.46. The van der Waals surface area contributed by atoms with E-state index >= 15 is 0 Å². The van der Waals surface area contributed by atoms with Gasteiger partial charge < -0.3 is 5.73 Å². The summed E-state index contributed by atoms with van der Waals surface area (Å²) < 4.78 is 13.6. The fourth-order valence-electron chi connectivity index (χ4n) is 1.71. The molecule has 0 spiro atoms. The van der Waals surface area contributed by atoms with E-state index in [0.29, 0.717) is 13.1 Å². The number of rotatable bonds is 1. The Morgan fingerprint density at radius 3 is 2.20 bits per heavy atom. The van der Waals surface area contributed by atoms with E-state index < -0.39 is 11.2 Å². The maximum absolute atomic E-state index is 13.6. The number of likely N-dealkylation sites (tertiary alicyclic amines) is 1. The van der Waals surface area contributed by atoms with Crippen LogP contribution in [0.3, 0.4) is 0 Å². The molecule has 0 aromatic heterocycles. The Morgan fingerprint density at radius 2 is 1.90 bits per heavy atom. The summed E-state index contributed by atoms with van der Waals surface area (Å²) in [7, 11) is 1.92. The third-order valence-electron chi connectivity index (χ3n) is 2.72. The zero-order valence-corrected chi connectivity index (χ0v) is 6.23. The fourth-order valence-corrected chi connectivity index (χ4v) is 1.71. The summed E-state index contributed by atoms with van der Waals surface area (Å²) in [5.74, 6) is 0. The van der Waals surface area contributed by atoms with Gasteiger partial charge in [-0.25, -0.2) is 4.39 Å². The Morgan fingerprint density at radius 1 is 1.40 bits per heavy atom. The van der Waals surface area contributed by atoms with Gasteiger partial charge in [0, 0.05) is 13.1 Å². The van der Waals surface area contributed by atoms with Crippen molar-refractivity contribution in [1.29, 1.82) is 0 Å². The number of nitrogens with two attached hydrogens (primary N) is 1. The Bertz CT molecular complexity index is 159. The molecule has 0 amide bonds. The summed E-state index contributed by atoms with van der Waals surface area (Å²) in [6.07, 6.45) is 1.74. The summed E-state index contributed by atoms with van der Waals surface area (Å²) in [4.78, 5) is 1.97. The third kappa shape index (κ3) is 0.648. The first kappa shape index (κ1) is 6.55. The van der Waals surface area contributed by atoms with Gasteiger partial charge in [-0.15, -0.1) is 0 Å². The number of hydrogen-bond acceptors (Lipinski definition) is 2. The zero-order chi connectivity index (χ0) is 7.41. The van der Waals surface area contributed by atoms with Crippen molar-refractivity contribution < 1.29 is 4.39 Å². The third-order valence-corrected chi connectivity index (χ3v) is 2.72. The maximum Gasteiger partial charge on any atom is 0.153 e. The van der Waals surface area contributed by atoms with Gasteiger partial charge >= 0.3 is 0 Å². The van der Waals surface area contributed by atoms with Crippen molar-refractivity contribution in [1.82, 2.24) is 4.90 Å². The molecule has 0 unspecified atom stereocenters. The van der Waals surface area contributed by atoms with Gasteiger partial charge in [0.15, 0.2) is 5.67 Å². The van der Waals surface area contributed by atoms with Crippen molar-refractivity contribution in [3.63, 3.8) is 0 Å². The van der Waals surface area contributed by atoms with Crippen LogP contribution in [0.15, 0.2) is 0 Å². The van der Waals surface area contributed by atoms with E-state index in [1.165, 1.54) is 0 Å². The minimum atomic E-state index is -1.05. The molecular weight excluding hydrogens is 131 g/mol. The minimum Gasteiger partial charge on any atom is -0.322 e. The van der Waals surface area contributed by atoms with Crippen molar-refractivity contribution >= 4 is 0 Å². The fraction of sp³-hybridized carbons (Fsp3) is 1.00. The number of alkyl halides is 1. The van der Waals surface area contributed by atoms with Gasteiger partial charge in [-0.1, -0.05) is 0 Å². The molecule has 2 aliphatic rings. The molecule has 1 saturated carbocycles. The van der Waals surface area contributed by atoms with Crippen molar-refractivity contribution in [2.75, 3.05) is 20.1 Å². The topological polar surface area (TPSA) is 29.3 Å². The molecule has 0 radical (unpaired) electrons. The first-order valence-corrected chi connectivity index (χ1v) is 3.72. The van der Waals surface area contributed by atoms with Gasteiger partial charge in [-0.2, -0.15) is 0 Å². The molecule has 2 rings (SSSR count). The highest BCUT2D eigenvalue weighted by Gasteiger charge is 2.62. The first-order valence-electron chi connectivity index (χ1n) is 3.72. The molecule has 2 nitrogen and oxygen atoms in total. The van der Waals surface area contributed by atoms with Crippen molar-refractivity contribution in [2.24, 2.45) is 5.73 Å². The van der Waals surface area contributed by atoms with Crippen molar-refractivity contribution in [3.8, 4) is 0 Å². The van der Waals surface area contributed by atoms with Crippen LogP contribution in [0.4, 0.5) is 4.39 Å². The van der Waals surface area contributed by atoms with Gasteiger partial charge in [0.25, 0.3) is 0 Å². The van der Waals surface area contributed by atoms with E-state index in [1.807, 2.05) is 11.9 Å². The second-order valence-electron chi connectivity index (χ2n) is 3.79. The normalized spacial score (nSPS) is 35.1. The summed E-state index contributed by atoms with van der Waals surface area (Å²) in [6.45, 7) is 1.06. The van der Waals surface area contributed by atoms with Gasteiger partial charge in [0.1, 0.15) is 0 Å². The smallest absolute Gasteiger partial charge is 0.153 e. The number of halogens is 1. The van der Waals surface area contributed by atoms with Crippen LogP contribution in [0.1, 0.15) is 12.8 Å². The summed E-state index contributed by atoms with van der Waals surface area (Å²) in [6, 6.07) is 0. The summed E-state index contributed by atoms with van der Waals surface area (Å²) in [5, 5.41) is 0. The lowest BCUT2D eigenvalue weighted by Crippen LogP contribution is -2.67. The van der Waals surface area contributed by atoms with Gasteiger partial charge in [-0.05, 0) is 19.9 Å². The molecule has 1 heterocycles. The van der Waals surface area contributed by atoms with E-state index in [-0.39, 0.29) is 0 Å². The van der Waals surface area contributed by atoms with E-state index in [4.69, 9.17) is 5.73 Å². The zero-order valence-electron chi connectivity index (χ0n) is 6.23. The second kappa shape index (κ2) is 1.53. The molecule has 10 heavy (non-hydrogen) atoms. The van der Waals surface area contributed by atoms with E-state index in [2.05, 4.69) is 0 Å². The molecule has 1 saturated heterocycles. The Hall–Kier alpha value is -0.150. The highest BCUT2D eigenvalue weighted by Crippen LogP contribution is 2.48. The Balaban J connectivity index is 2.04. The Kier molecular flexibility index (Phi) is 1.01. The van der Waals surface area contributed by atoms with Crippen LogP contribution >= 0.6 is 0 Å². The molecule has 1 aliphatic heterocycles. The summed E-state index contributed by atoms with van der Waals surface area (Å²) in [5.41, 5.74) is 4.25. The minimum absolute atomic E-state index is 0.445. The van der Waals surface area contributed by atoms with Crippen LogP contribution in [-0.2, 0) is 0 Å². The lowest BCUT2D eigenvalue weighted by atomic mass is 9.87. The Labute approximate surface area is 60.2 Å². The van der Waals surface area contributed by atoms with Crippen LogP contribution in [0.25, 0.3) is 0 Å². The summed E-state index contributed by atoms with van der Waals surface area (Å²) >= 11 is 0. The van der Waals surface area contributed by atoms with Crippen LogP contribution in [-0.4, -0.2) is 36.2 Å². The molecule has 0 aromatic carbocycles. The lowest BCUT2D eigenvalue weighted by molar-refractivity contribution is -0.0430. The molecule has 2 fully saturated rings. The van der Waals surface area contributed by atoms with Crippen LogP contribution in [0, 0.1) is 0 Å². The van der Waals surface area contributed by atoms with Crippen LogP contribution in [0.2, 0.25) is 0 Å².